The highest BCUT2D eigenvalue weighted by molar-refractivity contribution is 6.42. The summed E-state index contributed by atoms with van der Waals surface area (Å²) in [6.07, 6.45) is 0.145. The van der Waals surface area contributed by atoms with Crippen LogP contribution in [0.15, 0.2) is 42.5 Å². The van der Waals surface area contributed by atoms with Crippen LogP contribution >= 0.6 is 23.2 Å². The van der Waals surface area contributed by atoms with Gasteiger partial charge in [-0.1, -0.05) is 59.1 Å². The molecule has 0 bridgehead atoms. The summed E-state index contributed by atoms with van der Waals surface area (Å²) in [5.41, 5.74) is 2.84. The maximum atomic E-state index is 13.0. The molecule has 0 aliphatic heterocycles. The van der Waals surface area contributed by atoms with Gasteiger partial charge in [-0.15, -0.1) is 0 Å². The smallest absolute Gasteiger partial charge is 0.242 e. The van der Waals surface area contributed by atoms with Crippen molar-refractivity contribution in [2.45, 2.75) is 39.8 Å². The van der Waals surface area contributed by atoms with Gasteiger partial charge in [0.25, 0.3) is 0 Å². The van der Waals surface area contributed by atoms with Crippen molar-refractivity contribution in [3.8, 4) is 0 Å². The molecule has 1 N–H and O–H groups in total. The second-order valence-electron chi connectivity index (χ2n) is 6.51. The van der Waals surface area contributed by atoms with Gasteiger partial charge in [-0.2, -0.15) is 0 Å². The zero-order valence-electron chi connectivity index (χ0n) is 15.8. The number of nitrogens with one attached hydrogen (secondary N) is 1. The van der Waals surface area contributed by atoms with Crippen LogP contribution in [0.4, 0.5) is 0 Å². The number of hydrogen-bond acceptors (Lipinski definition) is 2. The summed E-state index contributed by atoms with van der Waals surface area (Å²) >= 11 is 12.0. The summed E-state index contributed by atoms with van der Waals surface area (Å²) in [5, 5.41) is 3.64. The molecule has 2 aromatic rings. The molecule has 0 spiro atoms. The molecule has 2 aromatic carbocycles. The Morgan fingerprint density at radius 2 is 1.81 bits per heavy atom. The second-order valence-corrected chi connectivity index (χ2v) is 7.32. The monoisotopic (exact) mass is 406 g/mol. The Labute approximate surface area is 170 Å². The van der Waals surface area contributed by atoms with E-state index in [1.165, 1.54) is 0 Å². The number of rotatable bonds is 7. The van der Waals surface area contributed by atoms with Crippen LogP contribution in [-0.2, 0) is 22.6 Å². The average molecular weight is 407 g/mol. The first kappa shape index (κ1) is 21.3. The fourth-order valence-corrected chi connectivity index (χ4v) is 3.16. The molecule has 0 aliphatic carbocycles. The number of nitrogens with zero attached hydrogens (tertiary/aromatic N) is 1. The van der Waals surface area contributed by atoms with E-state index in [0.717, 1.165) is 16.7 Å². The first-order chi connectivity index (χ1) is 12.8. The van der Waals surface area contributed by atoms with Crippen LogP contribution in [0.1, 0.15) is 30.5 Å². The van der Waals surface area contributed by atoms with Crippen LogP contribution in [0.5, 0.6) is 0 Å². The minimum absolute atomic E-state index is 0.145. The Morgan fingerprint density at radius 1 is 1.07 bits per heavy atom. The maximum absolute atomic E-state index is 13.0. The van der Waals surface area contributed by atoms with Crippen molar-refractivity contribution < 1.29 is 9.59 Å². The van der Waals surface area contributed by atoms with Crippen LogP contribution in [0.2, 0.25) is 10.0 Å². The van der Waals surface area contributed by atoms with Gasteiger partial charge in [-0.3, -0.25) is 9.59 Å². The number of halogens is 2. The summed E-state index contributed by atoms with van der Waals surface area (Å²) in [4.78, 5) is 27.0. The number of benzene rings is 2. The van der Waals surface area contributed by atoms with Crippen LogP contribution in [0.3, 0.4) is 0 Å². The predicted molar refractivity (Wildman–Crippen MR) is 110 cm³/mol. The van der Waals surface area contributed by atoms with E-state index >= 15 is 0 Å². The minimum atomic E-state index is -0.583. The number of hydrogen-bond donors (Lipinski definition) is 1. The normalized spacial score (nSPS) is 11.7. The highest BCUT2D eigenvalue weighted by Gasteiger charge is 2.26. The zero-order valence-corrected chi connectivity index (χ0v) is 17.3. The molecule has 4 nitrogen and oxygen atoms in total. The third-order valence-corrected chi connectivity index (χ3v) is 5.03. The number of carbonyl (C=O) groups is 2. The Hall–Kier alpha value is -2.04. The van der Waals surface area contributed by atoms with E-state index in [9.17, 15) is 9.59 Å². The summed E-state index contributed by atoms with van der Waals surface area (Å²) in [6.45, 7) is 6.47. The standard InChI is InChI=1S/C21H24Cl2N2O2/c1-4-24-21(27)15(3)25(13-17-7-5-6-14(2)10-17)20(26)12-16-8-9-18(22)19(23)11-16/h5-11,15H,4,12-13H2,1-3H3,(H,24,27)/t15-/m1/s1. The lowest BCUT2D eigenvalue weighted by atomic mass is 10.1. The molecule has 0 radical (unpaired) electrons. The number of aryl methyl sites for hydroxylation is 1. The Morgan fingerprint density at radius 3 is 2.44 bits per heavy atom. The summed E-state index contributed by atoms with van der Waals surface area (Å²) in [5.74, 6) is -0.318. The molecule has 0 saturated carbocycles. The quantitative estimate of drug-likeness (QED) is 0.740. The molecular formula is C21H24Cl2N2O2. The van der Waals surface area contributed by atoms with Crippen LogP contribution in [0.25, 0.3) is 0 Å². The summed E-state index contributed by atoms with van der Waals surface area (Å²) in [7, 11) is 0. The molecule has 6 heteroatoms. The molecule has 2 rings (SSSR count). The lowest BCUT2D eigenvalue weighted by Gasteiger charge is -2.29. The number of carbonyl (C=O) groups excluding carboxylic acids is 2. The van der Waals surface area contributed by atoms with Gasteiger partial charge in [0.05, 0.1) is 16.5 Å². The van der Waals surface area contributed by atoms with Crippen molar-refractivity contribution in [1.82, 2.24) is 10.2 Å². The van der Waals surface area contributed by atoms with E-state index in [4.69, 9.17) is 23.2 Å². The van der Waals surface area contributed by atoms with Gasteiger partial charge in [0, 0.05) is 13.1 Å². The molecule has 27 heavy (non-hydrogen) atoms. The molecule has 0 aliphatic rings. The van der Waals surface area contributed by atoms with Crippen molar-refractivity contribution in [3.63, 3.8) is 0 Å². The molecule has 0 fully saturated rings. The summed E-state index contributed by atoms with van der Waals surface area (Å²) < 4.78 is 0. The van der Waals surface area contributed by atoms with E-state index < -0.39 is 6.04 Å². The lowest BCUT2D eigenvalue weighted by Crippen LogP contribution is -2.48. The molecule has 0 unspecified atom stereocenters. The Kier molecular flexibility index (Phi) is 7.69. The largest absolute Gasteiger partial charge is 0.355 e. The maximum Gasteiger partial charge on any atom is 0.242 e. The van der Waals surface area contributed by atoms with E-state index in [0.29, 0.717) is 23.1 Å². The Bertz CT molecular complexity index is 824. The highest BCUT2D eigenvalue weighted by Crippen LogP contribution is 2.23. The zero-order chi connectivity index (χ0) is 20.0. The molecule has 0 heterocycles. The topological polar surface area (TPSA) is 49.4 Å². The number of likely N-dealkylation sites (N-methyl/N-ethyl adjacent to an activating group) is 1. The molecule has 1 atom stereocenters. The SMILES string of the molecule is CCNC(=O)[C@@H](C)N(Cc1cccc(C)c1)C(=O)Cc1ccc(Cl)c(Cl)c1. The summed E-state index contributed by atoms with van der Waals surface area (Å²) in [6, 6.07) is 12.5. The van der Waals surface area contributed by atoms with Crippen LogP contribution in [0, 0.1) is 6.92 Å². The van der Waals surface area contributed by atoms with Crippen molar-refractivity contribution in [2.75, 3.05) is 6.54 Å². The third kappa shape index (κ3) is 5.98. The van der Waals surface area contributed by atoms with Gasteiger partial charge in [0.1, 0.15) is 6.04 Å². The highest BCUT2D eigenvalue weighted by atomic mass is 35.5. The fraction of sp³-hybridized carbons (Fsp3) is 0.333. The predicted octanol–water partition coefficient (Wildman–Crippen LogP) is 4.40. The van der Waals surface area contributed by atoms with E-state index in [1.54, 1.807) is 30.0 Å². The molecule has 2 amide bonds. The number of amides is 2. The molecule has 0 aromatic heterocycles. The Balaban J connectivity index is 2.25. The van der Waals surface area contributed by atoms with E-state index in [2.05, 4.69) is 5.32 Å². The van der Waals surface area contributed by atoms with Crippen LogP contribution in [-0.4, -0.2) is 29.3 Å². The van der Waals surface area contributed by atoms with E-state index in [-0.39, 0.29) is 18.2 Å². The van der Waals surface area contributed by atoms with E-state index in [1.807, 2.05) is 38.1 Å². The van der Waals surface area contributed by atoms with Crippen molar-refractivity contribution >= 4 is 35.0 Å². The molecule has 144 valence electrons. The van der Waals surface area contributed by atoms with Gasteiger partial charge < -0.3 is 10.2 Å². The first-order valence-corrected chi connectivity index (χ1v) is 9.64. The van der Waals surface area contributed by atoms with Crippen molar-refractivity contribution in [3.05, 3.63) is 69.2 Å². The first-order valence-electron chi connectivity index (χ1n) is 8.88. The second kappa shape index (κ2) is 9.77. The van der Waals surface area contributed by atoms with Gasteiger partial charge in [-0.25, -0.2) is 0 Å². The molecular weight excluding hydrogens is 383 g/mol. The van der Waals surface area contributed by atoms with Crippen molar-refractivity contribution in [1.29, 1.82) is 0 Å². The van der Waals surface area contributed by atoms with Gasteiger partial charge in [0.15, 0.2) is 0 Å². The fourth-order valence-electron chi connectivity index (χ4n) is 2.84. The lowest BCUT2D eigenvalue weighted by molar-refractivity contribution is -0.140. The van der Waals surface area contributed by atoms with Crippen LogP contribution < -0.4 is 5.32 Å². The van der Waals surface area contributed by atoms with Crippen molar-refractivity contribution in [2.24, 2.45) is 0 Å². The van der Waals surface area contributed by atoms with Gasteiger partial charge >= 0.3 is 0 Å². The average Bonchev–Trinajstić information content (AvgIpc) is 2.62. The minimum Gasteiger partial charge on any atom is -0.355 e. The van der Waals surface area contributed by atoms with Gasteiger partial charge in [0.2, 0.25) is 11.8 Å². The van der Waals surface area contributed by atoms with Gasteiger partial charge in [-0.05, 0) is 44.0 Å². The third-order valence-electron chi connectivity index (χ3n) is 4.29. The molecule has 0 saturated heterocycles.